The molecule has 1 atom stereocenters. The van der Waals surface area contributed by atoms with Gasteiger partial charge in [0.2, 0.25) is 0 Å². The molecule has 2 aromatic rings. The second-order valence-corrected chi connectivity index (χ2v) is 8.45. The third-order valence-electron chi connectivity index (χ3n) is 6.37. The number of hydrogen-bond donors (Lipinski definition) is 3. The lowest BCUT2D eigenvalue weighted by atomic mass is 9.77. The number of fused-ring (bicyclic) bond motifs is 1. The number of aliphatic hydroxyl groups is 1. The molecular weight excluding hydrogens is 380 g/mol. The number of nitrogens with one attached hydrogen (secondary N) is 2. The van der Waals surface area contributed by atoms with E-state index in [1.54, 1.807) is 13.1 Å². The Morgan fingerprint density at radius 3 is 2.43 bits per heavy atom. The highest BCUT2D eigenvalue weighted by Gasteiger charge is 2.41. The van der Waals surface area contributed by atoms with Crippen molar-refractivity contribution in [2.24, 2.45) is 0 Å². The summed E-state index contributed by atoms with van der Waals surface area (Å²) < 4.78 is 6.00. The Labute approximate surface area is 176 Å². The van der Waals surface area contributed by atoms with Crippen LogP contribution in [-0.4, -0.2) is 42.7 Å². The van der Waals surface area contributed by atoms with E-state index in [1.165, 1.54) is 0 Å². The molecule has 0 saturated heterocycles. The number of carbonyl (C=O) groups excluding carboxylic acids is 2. The van der Waals surface area contributed by atoms with Crippen molar-refractivity contribution in [1.29, 1.82) is 0 Å². The van der Waals surface area contributed by atoms with E-state index in [0.29, 0.717) is 36.3 Å². The average molecular weight is 408 g/mol. The predicted molar refractivity (Wildman–Crippen MR) is 114 cm³/mol. The largest absolute Gasteiger partial charge is 0.491 e. The fourth-order valence-electron chi connectivity index (χ4n) is 4.46. The maximum atomic E-state index is 13.1. The Morgan fingerprint density at radius 1 is 1.07 bits per heavy atom. The van der Waals surface area contributed by atoms with Crippen LogP contribution < -0.4 is 15.4 Å². The second-order valence-electron chi connectivity index (χ2n) is 8.45. The SMILES string of the molecule is CNC(=O)c1cc(C(=O)NC2CCC(O)CC2)cc2c1OC[C@@]2(C)c1ccccc1. The van der Waals surface area contributed by atoms with Crippen molar-refractivity contribution >= 4 is 11.8 Å². The molecule has 4 rings (SSSR count). The first-order valence-corrected chi connectivity index (χ1v) is 10.5. The van der Waals surface area contributed by atoms with Gasteiger partial charge >= 0.3 is 0 Å². The molecule has 0 unspecified atom stereocenters. The molecule has 6 heteroatoms. The molecule has 2 aliphatic rings. The molecule has 1 aliphatic carbocycles. The van der Waals surface area contributed by atoms with Crippen LogP contribution in [0, 0.1) is 0 Å². The van der Waals surface area contributed by atoms with Gasteiger partial charge < -0.3 is 20.5 Å². The summed E-state index contributed by atoms with van der Waals surface area (Å²) >= 11 is 0. The molecule has 2 amide bonds. The topological polar surface area (TPSA) is 87.7 Å². The summed E-state index contributed by atoms with van der Waals surface area (Å²) in [5.41, 5.74) is 2.29. The van der Waals surface area contributed by atoms with E-state index in [0.717, 1.165) is 24.0 Å². The van der Waals surface area contributed by atoms with Crippen molar-refractivity contribution in [3.63, 3.8) is 0 Å². The van der Waals surface area contributed by atoms with Crippen molar-refractivity contribution in [3.8, 4) is 5.75 Å². The first-order valence-electron chi connectivity index (χ1n) is 10.5. The Balaban J connectivity index is 1.71. The van der Waals surface area contributed by atoms with Gasteiger partial charge in [-0.05, 0) is 50.3 Å². The fourth-order valence-corrected chi connectivity index (χ4v) is 4.46. The lowest BCUT2D eigenvalue weighted by Gasteiger charge is -2.27. The van der Waals surface area contributed by atoms with Crippen LogP contribution >= 0.6 is 0 Å². The summed E-state index contributed by atoms with van der Waals surface area (Å²) in [5.74, 6) is 0.0590. The van der Waals surface area contributed by atoms with Crippen LogP contribution in [0.1, 0.15) is 64.4 Å². The lowest BCUT2D eigenvalue weighted by Crippen LogP contribution is -2.38. The average Bonchev–Trinajstić information content (AvgIpc) is 3.12. The molecule has 30 heavy (non-hydrogen) atoms. The Morgan fingerprint density at radius 2 is 1.77 bits per heavy atom. The summed E-state index contributed by atoms with van der Waals surface area (Å²) in [4.78, 5) is 25.6. The van der Waals surface area contributed by atoms with Crippen molar-refractivity contribution in [3.05, 3.63) is 64.7 Å². The summed E-state index contributed by atoms with van der Waals surface area (Å²) in [6.07, 6.45) is 2.62. The fraction of sp³-hybridized carbons (Fsp3) is 0.417. The molecule has 0 aromatic heterocycles. The van der Waals surface area contributed by atoms with E-state index in [1.807, 2.05) is 36.4 Å². The van der Waals surface area contributed by atoms with Crippen LogP contribution in [0.15, 0.2) is 42.5 Å². The molecule has 158 valence electrons. The van der Waals surface area contributed by atoms with Crippen LogP contribution in [0.3, 0.4) is 0 Å². The molecule has 1 saturated carbocycles. The normalized spacial score (nSPS) is 25.2. The quantitative estimate of drug-likeness (QED) is 0.726. The summed E-state index contributed by atoms with van der Waals surface area (Å²) in [6, 6.07) is 13.5. The Hall–Kier alpha value is -2.86. The molecule has 2 aromatic carbocycles. The zero-order valence-corrected chi connectivity index (χ0v) is 17.4. The van der Waals surface area contributed by atoms with Gasteiger partial charge in [-0.2, -0.15) is 0 Å². The van der Waals surface area contributed by atoms with Gasteiger partial charge in [0, 0.05) is 24.2 Å². The van der Waals surface area contributed by atoms with Gasteiger partial charge in [-0.15, -0.1) is 0 Å². The third kappa shape index (κ3) is 3.67. The number of hydrogen-bond acceptors (Lipinski definition) is 4. The lowest BCUT2D eigenvalue weighted by molar-refractivity contribution is 0.0867. The highest BCUT2D eigenvalue weighted by molar-refractivity contribution is 6.02. The van der Waals surface area contributed by atoms with Gasteiger partial charge in [0.15, 0.2) is 0 Å². The molecule has 1 heterocycles. The summed E-state index contributed by atoms with van der Waals surface area (Å²) in [7, 11) is 1.57. The van der Waals surface area contributed by atoms with Gasteiger partial charge in [-0.25, -0.2) is 0 Å². The summed E-state index contributed by atoms with van der Waals surface area (Å²) in [5, 5.41) is 15.4. The summed E-state index contributed by atoms with van der Waals surface area (Å²) in [6.45, 7) is 2.48. The monoisotopic (exact) mass is 408 g/mol. The number of aliphatic hydroxyl groups excluding tert-OH is 1. The number of carbonyl (C=O) groups is 2. The van der Waals surface area contributed by atoms with Crippen LogP contribution in [0.2, 0.25) is 0 Å². The van der Waals surface area contributed by atoms with E-state index < -0.39 is 5.41 Å². The first kappa shape index (κ1) is 20.4. The van der Waals surface area contributed by atoms with Gasteiger partial charge in [0.05, 0.1) is 17.1 Å². The molecule has 6 nitrogen and oxygen atoms in total. The third-order valence-corrected chi connectivity index (χ3v) is 6.37. The Kier molecular flexibility index (Phi) is 5.52. The minimum Gasteiger partial charge on any atom is -0.491 e. The molecule has 0 bridgehead atoms. The van der Waals surface area contributed by atoms with Gasteiger partial charge in [-0.1, -0.05) is 30.3 Å². The van der Waals surface area contributed by atoms with Crippen LogP contribution in [-0.2, 0) is 5.41 Å². The standard InChI is InChI=1S/C24H28N2O4/c1-24(16-6-4-3-5-7-16)14-30-21-19(23(29)25-2)12-15(13-20(21)24)22(28)26-17-8-10-18(27)11-9-17/h3-7,12-13,17-18,27H,8-11,14H2,1-2H3,(H,25,29)(H,26,28)/t17?,18?,24-/m0/s1. The highest BCUT2D eigenvalue weighted by Crippen LogP contribution is 2.45. The van der Waals surface area contributed by atoms with Crippen molar-refractivity contribution in [2.45, 2.75) is 50.2 Å². The number of amides is 2. The molecule has 3 N–H and O–H groups in total. The number of benzene rings is 2. The van der Waals surface area contributed by atoms with Crippen molar-refractivity contribution < 1.29 is 19.4 Å². The van der Waals surface area contributed by atoms with Gasteiger partial charge in [0.25, 0.3) is 11.8 Å². The smallest absolute Gasteiger partial charge is 0.254 e. The van der Waals surface area contributed by atoms with E-state index >= 15 is 0 Å². The maximum Gasteiger partial charge on any atom is 0.254 e. The molecule has 0 radical (unpaired) electrons. The zero-order valence-electron chi connectivity index (χ0n) is 17.4. The molecule has 1 aliphatic heterocycles. The molecule has 0 spiro atoms. The van der Waals surface area contributed by atoms with Crippen LogP contribution in [0.25, 0.3) is 0 Å². The van der Waals surface area contributed by atoms with E-state index in [9.17, 15) is 14.7 Å². The van der Waals surface area contributed by atoms with Gasteiger partial charge in [-0.3, -0.25) is 9.59 Å². The van der Waals surface area contributed by atoms with Crippen molar-refractivity contribution in [1.82, 2.24) is 10.6 Å². The number of rotatable bonds is 4. The van der Waals surface area contributed by atoms with Crippen molar-refractivity contribution in [2.75, 3.05) is 13.7 Å². The van der Waals surface area contributed by atoms with Crippen LogP contribution in [0.5, 0.6) is 5.75 Å². The van der Waals surface area contributed by atoms with Gasteiger partial charge in [0.1, 0.15) is 12.4 Å². The number of ether oxygens (including phenoxy) is 1. The minimum absolute atomic E-state index is 0.0364. The maximum absolute atomic E-state index is 13.1. The molecule has 1 fully saturated rings. The molecular formula is C24H28N2O4. The van der Waals surface area contributed by atoms with E-state index in [-0.39, 0.29) is 24.0 Å². The van der Waals surface area contributed by atoms with E-state index in [2.05, 4.69) is 17.6 Å². The van der Waals surface area contributed by atoms with Crippen LogP contribution in [0.4, 0.5) is 0 Å². The minimum atomic E-state index is -0.454. The highest BCUT2D eigenvalue weighted by atomic mass is 16.5. The predicted octanol–water partition coefficient (Wildman–Crippen LogP) is 2.78. The van der Waals surface area contributed by atoms with E-state index in [4.69, 9.17) is 4.74 Å². The Bertz CT molecular complexity index is 951. The second kappa shape index (κ2) is 8.11. The zero-order chi connectivity index (χ0) is 21.3. The first-order chi connectivity index (χ1) is 14.4.